The highest BCUT2D eigenvalue weighted by atomic mass is 16.5. The summed E-state index contributed by atoms with van der Waals surface area (Å²) in [6.07, 6.45) is 3.50. The number of nitrogens with two attached hydrogens (primary N) is 2. The van der Waals surface area contributed by atoms with Crippen LogP contribution in [0.1, 0.15) is 18.1 Å². The standard InChI is InChI=1S/C17H18N4O3/c1-9(12-7-11(22-2)4-5-13(12)23-3)6-10-8-24-16-14(10)15(18)20-17(19)21-16/h4-8H,1-3H3,(H4,18,19,20,21)/b9-6+. The topological polar surface area (TPSA) is 109 Å². The summed E-state index contributed by atoms with van der Waals surface area (Å²) in [6.45, 7) is 1.96. The molecule has 0 unspecified atom stereocenters. The molecular weight excluding hydrogens is 308 g/mol. The molecule has 0 aliphatic carbocycles. The maximum absolute atomic E-state index is 5.95. The van der Waals surface area contributed by atoms with Crippen LogP contribution in [0.15, 0.2) is 28.9 Å². The Hall–Kier alpha value is -3.22. The maximum atomic E-state index is 5.95. The van der Waals surface area contributed by atoms with Gasteiger partial charge in [0.2, 0.25) is 11.7 Å². The van der Waals surface area contributed by atoms with Crippen molar-refractivity contribution in [3.63, 3.8) is 0 Å². The molecule has 3 rings (SSSR count). The fourth-order valence-corrected chi connectivity index (χ4v) is 2.55. The number of fused-ring (bicyclic) bond motifs is 1. The first-order valence-corrected chi connectivity index (χ1v) is 7.24. The zero-order valence-corrected chi connectivity index (χ0v) is 13.7. The van der Waals surface area contributed by atoms with Crippen molar-refractivity contribution in [2.75, 3.05) is 25.7 Å². The molecule has 7 heteroatoms. The third-order valence-corrected chi connectivity index (χ3v) is 3.71. The number of methoxy groups -OCH3 is 2. The van der Waals surface area contributed by atoms with Crippen LogP contribution >= 0.6 is 0 Å². The fourth-order valence-electron chi connectivity index (χ4n) is 2.55. The zero-order chi connectivity index (χ0) is 17.3. The number of rotatable bonds is 4. The van der Waals surface area contributed by atoms with E-state index < -0.39 is 0 Å². The largest absolute Gasteiger partial charge is 0.497 e. The van der Waals surface area contributed by atoms with E-state index >= 15 is 0 Å². The third kappa shape index (κ3) is 2.71. The minimum Gasteiger partial charge on any atom is -0.497 e. The van der Waals surface area contributed by atoms with E-state index in [2.05, 4.69) is 9.97 Å². The predicted molar refractivity (Wildman–Crippen MR) is 93.7 cm³/mol. The Morgan fingerprint density at radius 3 is 2.67 bits per heavy atom. The average molecular weight is 326 g/mol. The van der Waals surface area contributed by atoms with E-state index in [4.69, 9.17) is 25.4 Å². The van der Waals surface area contributed by atoms with Crippen LogP contribution < -0.4 is 20.9 Å². The van der Waals surface area contributed by atoms with E-state index in [1.165, 1.54) is 0 Å². The zero-order valence-electron chi connectivity index (χ0n) is 13.7. The number of nitrogen functional groups attached to an aromatic ring is 2. The first kappa shape index (κ1) is 15.7. The van der Waals surface area contributed by atoms with Crippen LogP contribution in [0.2, 0.25) is 0 Å². The lowest BCUT2D eigenvalue weighted by atomic mass is 10.0. The predicted octanol–water partition coefficient (Wildman–Crippen LogP) is 2.96. The number of ether oxygens (including phenoxy) is 2. The van der Waals surface area contributed by atoms with Gasteiger partial charge in [-0.1, -0.05) is 0 Å². The highest BCUT2D eigenvalue weighted by Crippen LogP contribution is 2.33. The van der Waals surface area contributed by atoms with Crippen molar-refractivity contribution in [2.24, 2.45) is 0 Å². The van der Waals surface area contributed by atoms with Gasteiger partial charge in [0.1, 0.15) is 23.6 Å². The van der Waals surface area contributed by atoms with Gasteiger partial charge in [-0.05, 0) is 36.8 Å². The maximum Gasteiger partial charge on any atom is 0.233 e. The van der Waals surface area contributed by atoms with Crippen molar-refractivity contribution >= 4 is 34.5 Å². The lowest BCUT2D eigenvalue weighted by Crippen LogP contribution is -1.99. The van der Waals surface area contributed by atoms with Gasteiger partial charge in [-0.3, -0.25) is 0 Å². The van der Waals surface area contributed by atoms with E-state index in [1.807, 2.05) is 31.2 Å². The first-order chi connectivity index (χ1) is 11.5. The second-order valence-corrected chi connectivity index (χ2v) is 5.23. The summed E-state index contributed by atoms with van der Waals surface area (Å²) in [5.41, 5.74) is 14.5. The molecule has 0 radical (unpaired) electrons. The van der Waals surface area contributed by atoms with Crippen molar-refractivity contribution < 1.29 is 13.9 Å². The van der Waals surface area contributed by atoms with Crippen molar-refractivity contribution in [1.29, 1.82) is 0 Å². The quantitative estimate of drug-likeness (QED) is 0.758. The summed E-state index contributed by atoms with van der Waals surface area (Å²) in [7, 11) is 3.25. The van der Waals surface area contributed by atoms with Crippen molar-refractivity contribution in [3.05, 3.63) is 35.6 Å². The third-order valence-electron chi connectivity index (χ3n) is 3.71. The summed E-state index contributed by atoms with van der Waals surface area (Å²) in [4.78, 5) is 8.03. The molecule has 0 fully saturated rings. The van der Waals surface area contributed by atoms with Gasteiger partial charge in [0, 0.05) is 11.1 Å². The van der Waals surface area contributed by atoms with Crippen LogP contribution in [0.25, 0.3) is 22.7 Å². The molecule has 2 heterocycles. The van der Waals surface area contributed by atoms with E-state index in [0.717, 1.165) is 28.2 Å². The van der Waals surface area contributed by atoms with Gasteiger partial charge >= 0.3 is 0 Å². The van der Waals surface area contributed by atoms with Crippen molar-refractivity contribution in [2.45, 2.75) is 6.92 Å². The van der Waals surface area contributed by atoms with Crippen LogP contribution in [0.5, 0.6) is 11.5 Å². The lowest BCUT2D eigenvalue weighted by molar-refractivity contribution is 0.402. The number of nitrogens with zero attached hydrogens (tertiary/aromatic N) is 2. The minimum atomic E-state index is 0.0797. The molecule has 0 saturated carbocycles. The van der Waals surface area contributed by atoms with Crippen LogP contribution in [0, 0.1) is 0 Å². The molecule has 0 saturated heterocycles. The van der Waals surface area contributed by atoms with E-state index in [-0.39, 0.29) is 11.8 Å². The van der Waals surface area contributed by atoms with Crippen molar-refractivity contribution in [1.82, 2.24) is 9.97 Å². The molecule has 3 aromatic rings. The molecule has 0 amide bonds. The Bertz CT molecular complexity index is 931. The molecule has 0 aliphatic heterocycles. The molecule has 0 spiro atoms. The first-order valence-electron chi connectivity index (χ1n) is 7.24. The number of aromatic nitrogens is 2. The van der Waals surface area contributed by atoms with Crippen LogP contribution in [-0.4, -0.2) is 24.2 Å². The number of benzene rings is 1. The van der Waals surface area contributed by atoms with E-state index in [1.54, 1.807) is 20.5 Å². The van der Waals surface area contributed by atoms with E-state index in [9.17, 15) is 0 Å². The summed E-state index contributed by atoms with van der Waals surface area (Å²) in [5, 5.41) is 0.630. The average Bonchev–Trinajstić information content (AvgIpc) is 2.96. The Kier molecular flexibility index (Phi) is 3.99. The minimum absolute atomic E-state index is 0.0797. The van der Waals surface area contributed by atoms with E-state index in [0.29, 0.717) is 11.1 Å². The van der Waals surface area contributed by atoms with Gasteiger partial charge in [-0.2, -0.15) is 9.97 Å². The fraction of sp³-hybridized carbons (Fsp3) is 0.176. The van der Waals surface area contributed by atoms with Gasteiger partial charge < -0.3 is 25.4 Å². The Labute approximate surface area is 138 Å². The molecule has 124 valence electrons. The second-order valence-electron chi connectivity index (χ2n) is 5.23. The molecular formula is C17H18N4O3. The molecule has 24 heavy (non-hydrogen) atoms. The van der Waals surface area contributed by atoms with Gasteiger partial charge in [-0.25, -0.2) is 0 Å². The number of hydrogen-bond acceptors (Lipinski definition) is 7. The molecule has 0 atom stereocenters. The number of furan rings is 1. The monoisotopic (exact) mass is 326 g/mol. The number of allylic oxidation sites excluding steroid dienone is 1. The molecule has 4 N–H and O–H groups in total. The summed E-state index contributed by atoms with van der Waals surface area (Å²) in [5.74, 6) is 1.84. The highest BCUT2D eigenvalue weighted by molar-refractivity contribution is 5.97. The summed E-state index contributed by atoms with van der Waals surface area (Å²) < 4.78 is 16.2. The highest BCUT2D eigenvalue weighted by Gasteiger charge is 2.13. The van der Waals surface area contributed by atoms with Crippen molar-refractivity contribution in [3.8, 4) is 11.5 Å². The number of anilines is 2. The normalized spacial score (nSPS) is 11.7. The summed E-state index contributed by atoms with van der Waals surface area (Å²) >= 11 is 0. The van der Waals surface area contributed by atoms with Crippen LogP contribution in [0.3, 0.4) is 0 Å². The molecule has 1 aromatic carbocycles. The van der Waals surface area contributed by atoms with Gasteiger partial charge in [0.25, 0.3) is 0 Å². The Balaban J connectivity index is 2.12. The SMILES string of the molecule is COc1ccc(OC)c(/C(C)=C/c2coc3nc(N)nc(N)c23)c1. The Morgan fingerprint density at radius 1 is 1.17 bits per heavy atom. The molecule has 2 aromatic heterocycles. The number of hydrogen-bond donors (Lipinski definition) is 2. The van der Waals surface area contributed by atoms with Gasteiger partial charge in [0.15, 0.2) is 0 Å². The van der Waals surface area contributed by atoms with Crippen LogP contribution in [0.4, 0.5) is 11.8 Å². The van der Waals surface area contributed by atoms with Gasteiger partial charge in [0.05, 0.1) is 19.6 Å². The molecule has 0 bridgehead atoms. The van der Waals surface area contributed by atoms with Crippen LogP contribution in [-0.2, 0) is 0 Å². The molecule has 0 aliphatic rings. The Morgan fingerprint density at radius 2 is 1.96 bits per heavy atom. The summed E-state index contributed by atoms with van der Waals surface area (Å²) in [6, 6.07) is 5.61. The second kappa shape index (κ2) is 6.11. The smallest absolute Gasteiger partial charge is 0.233 e. The molecule has 7 nitrogen and oxygen atoms in total. The van der Waals surface area contributed by atoms with Gasteiger partial charge in [-0.15, -0.1) is 0 Å². The lowest BCUT2D eigenvalue weighted by Gasteiger charge is -2.11.